The molecule has 7 nitrogen and oxygen atoms in total. The van der Waals surface area contributed by atoms with Gasteiger partial charge in [0.15, 0.2) is 0 Å². The average molecular weight is 474 g/mol. The molecular formula is C25H35N3O4S. The zero-order valence-electron chi connectivity index (χ0n) is 20.3. The van der Waals surface area contributed by atoms with E-state index in [4.69, 9.17) is 0 Å². The maximum Gasteiger partial charge on any atom is 0.244 e. The lowest BCUT2D eigenvalue weighted by Crippen LogP contribution is -2.51. The van der Waals surface area contributed by atoms with Gasteiger partial charge in [0.2, 0.25) is 21.8 Å². The number of carbonyl (C=O) groups is 2. The number of anilines is 1. The first-order valence-corrected chi connectivity index (χ1v) is 13.0. The minimum Gasteiger partial charge on any atom is -0.357 e. The first-order valence-electron chi connectivity index (χ1n) is 11.1. The number of aryl methyl sites for hydroxylation is 1. The van der Waals surface area contributed by atoms with Crippen LogP contribution in [0.25, 0.3) is 0 Å². The van der Waals surface area contributed by atoms with Crippen molar-refractivity contribution in [1.29, 1.82) is 0 Å². The monoisotopic (exact) mass is 473 g/mol. The van der Waals surface area contributed by atoms with E-state index in [-0.39, 0.29) is 24.9 Å². The smallest absolute Gasteiger partial charge is 0.244 e. The summed E-state index contributed by atoms with van der Waals surface area (Å²) in [6, 6.07) is 14.2. The molecule has 0 aromatic heterocycles. The summed E-state index contributed by atoms with van der Waals surface area (Å²) >= 11 is 0. The molecule has 0 aliphatic carbocycles. The van der Waals surface area contributed by atoms with Gasteiger partial charge in [0.05, 0.1) is 11.9 Å². The summed E-state index contributed by atoms with van der Waals surface area (Å²) in [5, 5.41) is 2.62. The molecule has 2 amide bonds. The van der Waals surface area contributed by atoms with Crippen molar-refractivity contribution >= 4 is 27.5 Å². The normalized spacial score (nSPS) is 12.3. The van der Waals surface area contributed by atoms with Crippen LogP contribution in [-0.4, -0.2) is 51.0 Å². The Kier molecular flexibility index (Phi) is 9.05. The van der Waals surface area contributed by atoms with E-state index in [1.807, 2.05) is 64.1 Å². The Hall–Kier alpha value is -2.87. The number of likely N-dealkylation sites (N-methyl/N-ethyl adjacent to an activating group) is 1. The quantitative estimate of drug-likeness (QED) is 0.573. The highest BCUT2D eigenvalue weighted by atomic mass is 32.2. The van der Waals surface area contributed by atoms with Crippen molar-refractivity contribution in [3.8, 4) is 0 Å². The summed E-state index contributed by atoms with van der Waals surface area (Å²) in [4.78, 5) is 27.7. The fourth-order valence-electron chi connectivity index (χ4n) is 3.77. The van der Waals surface area contributed by atoms with Crippen molar-refractivity contribution in [2.75, 3.05) is 24.2 Å². The van der Waals surface area contributed by atoms with Crippen LogP contribution in [0.4, 0.5) is 5.69 Å². The van der Waals surface area contributed by atoms with Crippen molar-refractivity contribution in [1.82, 2.24) is 10.2 Å². The van der Waals surface area contributed by atoms with Crippen LogP contribution in [0, 0.1) is 6.92 Å². The summed E-state index contributed by atoms with van der Waals surface area (Å²) < 4.78 is 26.7. The van der Waals surface area contributed by atoms with E-state index in [2.05, 4.69) is 5.32 Å². The molecule has 0 aliphatic rings. The fourth-order valence-corrected chi connectivity index (χ4v) is 4.64. The van der Waals surface area contributed by atoms with Gasteiger partial charge in [-0.3, -0.25) is 13.9 Å². The number of nitrogens with one attached hydrogen (secondary N) is 1. The predicted octanol–water partition coefficient (Wildman–Crippen LogP) is 3.44. The van der Waals surface area contributed by atoms with Gasteiger partial charge in [-0.1, -0.05) is 68.8 Å². The summed E-state index contributed by atoms with van der Waals surface area (Å²) in [6.45, 7) is 7.57. The minimum atomic E-state index is -3.75. The van der Waals surface area contributed by atoms with Gasteiger partial charge in [0, 0.05) is 13.6 Å². The summed E-state index contributed by atoms with van der Waals surface area (Å²) in [5.74, 6) is -0.653. The van der Waals surface area contributed by atoms with Crippen molar-refractivity contribution in [3.05, 3.63) is 65.2 Å². The number of carbonyl (C=O) groups excluding carboxylic acids is 2. The molecular weight excluding hydrogens is 438 g/mol. The van der Waals surface area contributed by atoms with Crippen molar-refractivity contribution in [2.24, 2.45) is 0 Å². The van der Waals surface area contributed by atoms with Gasteiger partial charge in [-0.05, 0) is 36.5 Å². The second kappa shape index (κ2) is 11.3. The van der Waals surface area contributed by atoms with Crippen molar-refractivity contribution in [2.45, 2.75) is 52.6 Å². The largest absolute Gasteiger partial charge is 0.357 e. The standard InChI is InChI=1S/C25H35N3O4S/c1-7-22(25(30)26-5)27(16-20-14-12-19(4)13-15-20)24(29)17-28(33(6,31)32)23-11-9-8-10-21(23)18(2)3/h8-15,18,22H,7,16-17H2,1-6H3,(H,26,30). The lowest BCUT2D eigenvalue weighted by molar-refractivity contribution is -0.140. The summed E-state index contributed by atoms with van der Waals surface area (Å²) in [7, 11) is -2.23. The van der Waals surface area contributed by atoms with Gasteiger partial charge in [0.1, 0.15) is 12.6 Å². The van der Waals surface area contributed by atoms with Gasteiger partial charge >= 0.3 is 0 Å². The van der Waals surface area contributed by atoms with E-state index in [0.717, 1.165) is 27.3 Å². The van der Waals surface area contributed by atoms with Gasteiger partial charge in [-0.2, -0.15) is 0 Å². The summed E-state index contributed by atoms with van der Waals surface area (Å²) in [6.07, 6.45) is 1.50. The Labute approximate surface area is 197 Å². The Morgan fingerprint density at radius 2 is 1.64 bits per heavy atom. The third-order valence-corrected chi connectivity index (χ3v) is 6.74. The van der Waals surface area contributed by atoms with Crippen LogP contribution in [0.15, 0.2) is 48.5 Å². The molecule has 0 spiro atoms. The Balaban J connectivity index is 2.48. The van der Waals surface area contributed by atoms with Crippen LogP contribution >= 0.6 is 0 Å². The Bertz CT molecular complexity index is 1070. The van der Waals surface area contributed by atoms with Gasteiger partial charge in [-0.25, -0.2) is 8.42 Å². The SMILES string of the molecule is CCC(C(=O)NC)N(Cc1ccc(C)cc1)C(=O)CN(c1ccccc1C(C)C)S(C)(=O)=O. The molecule has 1 atom stereocenters. The second-order valence-corrected chi connectivity index (χ2v) is 10.4. The van der Waals surface area contributed by atoms with Crippen LogP contribution in [0.3, 0.4) is 0 Å². The highest BCUT2D eigenvalue weighted by Crippen LogP contribution is 2.29. The zero-order chi connectivity index (χ0) is 24.8. The van der Waals surface area contributed by atoms with E-state index in [1.54, 1.807) is 12.1 Å². The molecule has 0 saturated heterocycles. The Morgan fingerprint density at radius 3 is 2.15 bits per heavy atom. The molecule has 1 unspecified atom stereocenters. The lowest BCUT2D eigenvalue weighted by atomic mass is 10.0. The average Bonchev–Trinajstić information content (AvgIpc) is 2.77. The van der Waals surface area contributed by atoms with E-state index in [1.165, 1.54) is 11.9 Å². The highest BCUT2D eigenvalue weighted by Gasteiger charge is 2.32. The molecule has 180 valence electrons. The number of rotatable bonds is 10. The third kappa shape index (κ3) is 6.81. The van der Waals surface area contributed by atoms with Crippen LogP contribution < -0.4 is 9.62 Å². The maximum absolute atomic E-state index is 13.6. The van der Waals surface area contributed by atoms with Crippen LogP contribution in [0.2, 0.25) is 0 Å². The zero-order valence-corrected chi connectivity index (χ0v) is 21.1. The van der Waals surface area contributed by atoms with Crippen molar-refractivity contribution in [3.63, 3.8) is 0 Å². The Morgan fingerprint density at radius 1 is 1.03 bits per heavy atom. The number of benzene rings is 2. The van der Waals surface area contributed by atoms with Gasteiger partial charge < -0.3 is 10.2 Å². The molecule has 1 N–H and O–H groups in total. The van der Waals surface area contributed by atoms with E-state index in [0.29, 0.717) is 12.1 Å². The van der Waals surface area contributed by atoms with E-state index < -0.39 is 22.0 Å². The highest BCUT2D eigenvalue weighted by molar-refractivity contribution is 7.92. The van der Waals surface area contributed by atoms with Gasteiger partial charge in [0.25, 0.3) is 0 Å². The van der Waals surface area contributed by atoms with E-state index >= 15 is 0 Å². The number of hydrogen-bond acceptors (Lipinski definition) is 4. The number of para-hydroxylation sites is 1. The lowest BCUT2D eigenvalue weighted by Gasteiger charge is -2.33. The molecule has 0 bridgehead atoms. The van der Waals surface area contributed by atoms with Gasteiger partial charge in [-0.15, -0.1) is 0 Å². The number of amides is 2. The molecule has 2 rings (SSSR count). The summed E-state index contributed by atoms with van der Waals surface area (Å²) in [5.41, 5.74) is 3.26. The first kappa shape index (κ1) is 26.4. The molecule has 0 heterocycles. The van der Waals surface area contributed by atoms with Crippen LogP contribution in [0.1, 0.15) is 49.8 Å². The molecule has 0 saturated carbocycles. The number of sulfonamides is 1. The molecule has 0 fully saturated rings. The van der Waals surface area contributed by atoms with E-state index in [9.17, 15) is 18.0 Å². The molecule has 33 heavy (non-hydrogen) atoms. The predicted molar refractivity (Wildman–Crippen MR) is 133 cm³/mol. The van der Waals surface area contributed by atoms with Crippen LogP contribution in [0.5, 0.6) is 0 Å². The second-order valence-electron chi connectivity index (χ2n) is 8.53. The topological polar surface area (TPSA) is 86.8 Å². The molecule has 0 aliphatic heterocycles. The van der Waals surface area contributed by atoms with Crippen LogP contribution in [-0.2, 0) is 26.2 Å². The van der Waals surface area contributed by atoms with Crippen molar-refractivity contribution < 1.29 is 18.0 Å². The third-order valence-electron chi connectivity index (χ3n) is 5.61. The molecule has 8 heteroatoms. The molecule has 2 aromatic carbocycles. The number of nitrogens with zero attached hydrogens (tertiary/aromatic N) is 2. The number of hydrogen-bond donors (Lipinski definition) is 1. The first-order chi connectivity index (χ1) is 15.5. The maximum atomic E-state index is 13.6. The fraction of sp³-hybridized carbons (Fsp3) is 0.440. The minimum absolute atomic E-state index is 0.0680. The molecule has 2 aromatic rings. The molecule has 0 radical (unpaired) electrons.